The van der Waals surface area contributed by atoms with Crippen LogP contribution in [0.1, 0.15) is 42.3 Å². The van der Waals surface area contributed by atoms with Crippen LogP contribution in [0.4, 0.5) is 0 Å². The summed E-state index contributed by atoms with van der Waals surface area (Å²) in [5.41, 5.74) is 4.22. The summed E-state index contributed by atoms with van der Waals surface area (Å²) in [5.74, 6) is 0.979. The Labute approximate surface area is 200 Å². The topological polar surface area (TPSA) is 90.9 Å². The Kier molecular flexibility index (Phi) is 7.82. The van der Waals surface area contributed by atoms with Crippen LogP contribution >= 0.6 is 0 Å². The van der Waals surface area contributed by atoms with Crippen LogP contribution in [0.25, 0.3) is 10.9 Å². The van der Waals surface area contributed by atoms with Crippen LogP contribution in [0.15, 0.2) is 42.6 Å². The van der Waals surface area contributed by atoms with Gasteiger partial charge < -0.3 is 24.5 Å². The molecule has 8 heteroatoms. The second-order valence-corrected chi connectivity index (χ2v) is 8.70. The number of methoxy groups -OCH3 is 2. The number of hydrogen-bond donors (Lipinski definition) is 2. The first kappa shape index (κ1) is 24.2. The lowest BCUT2D eigenvalue weighted by Gasteiger charge is -2.39. The van der Waals surface area contributed by atoms with Gasteiger partial charge in [0.05, 0.1) is 25.5 Å². The van der Waals surface area contributed by atoms with E-state index in [1.165, 1.54) is 5.56 Å². The van der Waals surface area contributed by atoms with Crippen molar-refractivity contribution in [2.75, 3.05) is 47.1 Å². The zero-order valence-corrected chi connectivity index (χ0v) is 20.2. The van der Waals surface area contributed by atoms with Crippen molar-refractivity contribution in [1.29, 1.82) is 0 Å². The first-order valence-electron chi connectivity index (χ1n) is 11.8. The number of carbonyl (C=O) groups is 1. The summed E-state index contributed by atoms with van der Waals surface area (Å²) in [4.78, 5) is 24.7. The molecule has 2 N–H and O–H groups in total. The molecule has 3 heterocycles. The third-order valence-corrected chi connectivity index (χ3v) is 6.73. The number of aliphatic hydroxyl groups excluding tert-OH is 1. The summed E-state index contributed by atoms with van der Waals surface area (Å²) in [6.07, 6.45) is 2.61. The van der Waals surface area contributed by atoms with Gasteiger partial charge in [-0.2, -0.15) is 0 Å². The van der Waals surface area contributed by atoms with Gasteiger partial charge in [0.15, 0.2) is 0 Å². The Morgan fingerprint density at radius 1 is 1.29 bits per heavy atom. The van der Waals surface area contributed by atoms with Crippen molar-refractivity contribution in [1.82, 2.24) is 19.8 Å². The van der Waals surface area contributed by atoms with Gasteiger partial charge in [-0.15, -0.1) is 0 Å². The fourth-order valence-corrected chi connectivity index (χ4v) is 5.04. The molecule has 1 amide bonds. The van der Waals surface area contributed by atoms with Gasteiger partial charge >= 0.3 is 0 Å². The third kappa shape index (κ3) is 4.94. The molecule has 0 radical (unpaired) electrons. The van der Waals surface area contributed by atoms with Gasteiger partial charge in [-0.3, -0.25) is 14.7 Å². The molecule has 1 aromatic carbocycles. The number of fused-ring (bicyclic) bond motifs is 3. The number of nitrogens with zero attached hydrogens (tertiary/aromatic N) is 3. The van der Waals surface area contributed by atoms with E-state index in [9.17, 15) is 9.90 Å². The number of amides is 1. The predicted octanol–water partition coefficient (Wildman–Crippen LogP) is 3.09. The number of pyridine rings is 1. The Hall–Kier alpha value is -2.94. The fraction of sp³-hybridized carbons (Fsp3) is 0.462. The number of carbonyl (C=O) groups excluding carboxylic acids is 1. The molecule has 0 saturated heterocycles. The van der Waals surface area contributed by atoms with Crippen LogP contribution in [0.3, 0.4) is 0 Å². The smallest absolute Gasteiger partial charge is 0.248 e. The minimum absolute atomic E-state index is 0.00303. The van der Waals surface area contributed by atoms with Crippen LogP contribution in [0.5, 0.6) is 5.75 Å². The molecule has 0 saturated carbocycles. The van der Waals surface area contributed by atoms with Gasteiger partial charge in [0.2, 0.25) is 5.91 Å². The van der Waals surface area contributed by atoms with Crippen LogP contribution in [-0.2, 0) is 16.1 Å². The second kappa shape index (κ2) is 11.0. The summed E-state index contributed by atoms with van der Waals surface area (Å²) in [7, 11) is 3.21. The zero-order chi connectivity index (χ0) is 24.1. The number of aromatic amines is 1. The van der Waals surface area contributed by atoms with E-state index in [-0.39, 0.29) is 31.1 Å². The lowest BCUT2D eigenvalue weighted by Crippen LogP contribution is -2.41. The number of ether oxygens (including phenoxy) is 2. The highest BCUT2D eigenvalue weighted by atomic mass is 16.5. The average Bonchev–Trinajstić information content (AvgIpc) is 3.23. The number of rotatable bonds is 10. The largest absolute Gasteiger partial charge is 0.497 e. The maximum absolute atomic E-state index is 12.5. The van der Waals surface area contributed by atoms with Gasteiger partial charge in [-0.1, -0.05) is 6.07 Å². The molecule has 8 nitrogen and oxygen atoms in total. The molecule has 0 bridgehead atoms. The van der Waals surface area contributed by atoms with Crippen molar-refractivity contribution >= 4 is 16.8 Å². The first-order valence-corrected chi connectivity index (χ1v) is 11.8. The first-order chi connectivity index (χ1) is 16.6. The molecule has 2 unspecified atom stereocenters. The van der Waals surface area contributed by atoms with E-state index in [4.69, 9.17) is 9.47 Å². The standard InChI is InChI=1S/C26H34N4O4/c1-4-29(24(32)17-33-2)12-10-18-14-30(15-19-7-5-6-11-27-19)23(16-31)26-25(18)21-9-8-20(34-3)13-22(21)28-26/h5-9,11,13,18,23,28,31H,4,10,12,14-17H2,1-3H3. The number of likely N-dealkylation sites (N-methyl/N-ethyl adjacent to an activating group) is 1. The van der Waals surface area contributed by atoms with Crippen molar-refractivity contribution in [2.24, 2.45) is 0 Å². The Bertz CT molecular complexity index is 1100. The number of nitrogens with one attached hydrogen (secondary N) is 1. The van der Waals surface area contributed by atoms with Crippen LogP contribution in [0.2, 0.25) is 0 Å². The quantitative estimate of drug-likeness (QED) is 0.477. The normalized spacial score (nSPS) is 18.1. The number of H-pyrrole nitrogens is 1. The van der Waals surface area contributed by atoms with Gasteiger partial charge in [-0.25, -0.2) is 0 Å². The lowest BCUT2D eigenvalue weighted by molar-refractivity contribution is -0.135. The molecule has 0 aliphatic carbocycles. The molecule has 2 atom stereocenters. The zero-order valence-electron chi connectivity index (χ0n) is 20.2. The molecule has 34 heavy (non-hydrogen) atoms. The van der Waals surface area contributed by atoms with Crippen molar-refractivity contribution in [2.45, 2.75) is 31.8 Å². The van der Waals surface area contributed by atoms with E-state index in [1.807, 2.05) is 42.2 Å². The second-order valence-electron chi connectivity index (χ2n) is 8.70. The van der Waals surface area contributed by atoms with E-state index < -0.39 is 0 Å². The number of aromatic nitrogens is 2. The summed E-state index contributed by atoms with van der Waals surface area (Å²) in [6, 6.07) is 11.8. The minimum Gasteiger partial charge on any atom is -0.497 e. The molecule has 182 valence electrons. The maximum atomic E-state index is 12.5. The number of aliphatic hydroxyl groups is 1. The highest BCUT2D eigenvalue weighted by Crippen LogP contribution is 2.42. The van der Waals surface area contributed by atoms with Crippen molar-refractivity contribution < 1.29 is 19.4 Å². The summed E-state index contributed by atoms with van der Waals surface area (Å²) < 4.78 is 10.5. The fourth-order valence-electron chi connectivity index (χ4n) is 5.04. The van der Waals surface area contributed by atoms with Gasteiger partial charge in [-0.05, 0) is 43.2 Å². The van der Waals surface area contributed by atoms with E-state index in [1.54, 1.807) is 20.4 Å². The lowest BCUT2D eigenvalue weighted by atomic mass is 9.85. The summed E-state index contributed by atoms with van der Waals surface area (Å²) in [5, 5.41) is 11.6. The Morgan fingerprint density at radius 3 is 2.82 bits per heavy atom. The van der Waals surface area contributed by atoms with E-state index in [0.717, 1.165) is 41.0 Å². The van der Waals surface area contributed by atoms with Crippen LogP contribution in [-0.4, -0.2) is 77.8 Å². The maximum Gasteiger partial charge on any atom is 0.248 e. The van der Waals surface area contributed by atoms with Crippen molar-refractivity contribution in [3.63, 3.8) is 0 Å². The van der Waals surface area contributed by atoms with E-state index >= 15 is 0 Å². The summed E-state index contributed by atoms with van der Waals surface area (Å²) in [6.45, 7) is 4.78. The molecule has 4 rings (SSSR count). The Balaban J connectivity index is 1.69. The SMILES string of the molecule is CCN(CCC1CN(Cc2ccccn2)C(CO)c2[nH]c3cc(OC)ccc3c21)C(=O)COC. The Morgan fingerprint density at radius 2 is 2.15 bits per heavy atom. The van der Waals surface area contributed by atoms with Crippen LogP contribution in [0, 0.1) is 0 Å². The van der Waals surface area contributed by atoms with Gasteiger partial charge in [0, 0.05) is 68.1 Å². The van der Waals surface area contributed by atoms with Crippen molar-refractivity contribution in [3.8, 4) is 5.75 Å². The predicted molar refractivity (Wildman–Crippen MR) is 131 cm³/mol. The molecule has 2 aromatic heterocycles. The van der Waals surface area contributed by atoms with E-state index in [0.29, 0.717) is 19.6 Å². The molecular formula is C26H34N4O4. The van der Waals surface area contributed by atoms with E-state index in [2.05, 4.69) is 20.9 Å². The van der Waals surface area contributed by atoms with Gasteiger partial charge in [0.25, 0.3) is 0 Å². The molecule has 3 aromatic rings. The highest BCUT2D eigenvalue weighted by Gasteiger charge is 2.36. The summed E-state index contributed by atoms with van der Waals surface area (Å²) >= 11 is 0. The monoisotopic (exact) mass is 466 g/mol. The average molecular weight is 467 g/mol. The minimum atomic E-state index is -0.163. The van der Waals surface area contributed by atoms with Crippen LogP contribution < -0.4 is 4.74 Å². The third-order valence-electron chi connectivity index (χ3n) is 6.73. The van der Waals surface area contributed by atoms with Crippen molar-refractivity contribution in [3.05, 3.63) is 59.5 Å². The molecule has 1 aliphatic rings. The molecule has 0 spiro atoms. The number of benzene rings is 1. The molecule has 1 aliphatic heterocycles. The molecule has 0 fully saturated rings. The number of hydrogen-bond acceptors (Lipinski definition) is 6. The molecular weight excluding hydrogens is 432 g/mol. The van der Waals surface area contributed by atoms with Gasteiger partial charge in [0.1, 0.15) is 12.4 Å². The highest BCUT2D eigenvalue weighted by molar-refractivity contribution is 5.87.